The molecule has 1 aromatic carbocycles. The average molecular weight is 257 g/mol. The Morgan fingerprint density at radius 3 is 2.53 bits per heavy atom. The van der Waals surface area contributed by atoms with E-state index in [4.69, 9.17) is 0 Å². The molecule has 0 amide bonds. The van der Waals surface area contributed by atoms with E-state index in [1.54, 1.807) is 0 Å². The van der Waals surface area contributed by atoms with Gasteiger partial charge < -0.3 is 5.32 Å². The van der Waals surface area contributed by atoms with Crippen LogP contribution in [0.25, 0.3) is 0 Å². The minimum absolute atomic E-state index is 0.147. The maximum atomic E-state index is 13.5. The van der Waals surface area contributed by atoms with Gasteiger partial charge in [-0.1, -0.05) is 6.92 Å². The topological polar surface area (TPSA) is 46.2 Å². The number of benzene rings is 1. The Bertz CT molecular complexity index is 521. The van der Waals surface area contributed by atoms with Crippen molar-refractivity contribution in [2.75, 3.05) is 11.6 Å². The van der Waals surface area contributed by atoms with E-state index in [1.807, 2.05) is 0 Å². The minimum atomic E-state index is -3.28. The molecule has 1 N–H and O–H groups in total. The Morgan fingerprint density at radius 1 is 1.35 bits per heavy atom. The van der Waals surface area contributed by atoms with Gasteiger partial charge in [0.15, 0.2) is 9.84 Å². The van der Waals surface area contributed by atoms with Gasteiger partial charge in [0.05, 0.1) is 10.6 Å². The van der Waals surface area contributed by atoms with Crippen LogP contribution in [0.3, 0.4) is 0 Å². The summed E-state index contributed by atoms with van der Waals surface area (Å²) in [6.07, 6.45) is 3.13. The zero-order valence-electron chi connectivity index (χ0n) is 9.90. The van der Waals surface area contributed by atoms with Crippen molar-refractivity contribution >= 4 is 15.5 Å². The highest BCUT2D eigenvalue weighted by Gasteiger charge is 2.26. The Morgan fingerprint density at radius 2 is 2.00 bits per heavy atom. The first-order valence-corrected chi connectivity index (χ1v) is 7.51. The average Bonchev–Trinajstić information content (AvgIpc) is 2.17. The zero-order chi connectivity index (χ0) is 12.6. The van der Waals surface area contributed by atoms with Crippen molar-refractivity contribution in [1.29, 1.82) is 0 Å². The summed E-state index contributed by atoms with van der Waals surface area (Å²) in [7, 11) is -3.28. The molecule has 0 saturated heterocycles. The molecule has 0 atom stereocenters. The quantitative estimate of drug-likeness (QED) is 0.846. The van der Waals surface area contributed by atoms with Crippen molar-refractivity contribution in [3.8, 4) is 0 Å². The van der Waals surface area contributed by atoms with E-state index < -0.39 is 15.7 Å². The van der Waals surface area contributed by atoms with Crippen LogP contribution in [0.15, 0.2) is 23.1 Å². The Kier molecular flexibility index (Phi) is 3.12. The third-order valence-corrected chi connectivity index (χ3v) is 4.21. The third-order valence-electron chi connectivity index (χ3n) is 3.10. The predicted molar refractivity (Wildman–Crippen MR) is 65.3 cm³/mol. The molecule has 17 heavy (non-hydrogen) atoms. The zero-order valence-corrected chi connectivity index (χ0v) is 10.7. The monoisotopic (exact) mass is 257 g/mol. The molecule has 0 radical (unpaired) electrons. The Balaban J connectivity index is 2.21. The summed E-state index contributed by atoms with van der Waals surface area (Å²) >= 11 is 0. The number of halogens is 1. The molecule has 0 heterocycles. The molecule has 1 aliphatic rings. The molecule has 1 aromatic rings. The molecule has 0 aliphatic heterocycles. The number of nitrogens with one attached hydrogen (secondary N) is 1. The molecule has 1 aliphatic carbocycles. The summed E-state index contributed by atoms with van der Waals surface area (Å²) in [6.45, 7) is 2.14. The molecule has 1 fully saturated rings. The fraction of sp³-hybridized carbons (Fsp3) is 0.500. The smallest absolute Gasteiger partial charge is 0.175 e. The van der Waals surface area contributed by atoms with Gasteiger partial charge in [-0.3, -0.25) is 0 Å². The molecular weight excluding hydrogens is 241 g/mol. The lowest BCUT2D eigenvalue weighted by atomic mass is 9.82. The summed E-state index contributed by atoms with van der Waals surface area (Å²) < 4.78 is 36.3. The number of rotatable bonds is 3. The largest absolute Gasteiger partial charge is 0.380 e. The maximum absolute atomic E-state index is 13.5. The standard InChI is InChI=1S/C12H16FNO2S/c1-8-5-9(6-8)14-12-7-10(17(2,15)16)3-4-11(12)13/h3-4,7-9,14H,5-6H2,1-2H3. The SMILES string of the molecule is CC1CC(Nc2cc(S(C)(=O)=O)ccc2F)C1. The van der Waals surface area contributed by atoms with Gasteiger partial charge in [-0.25, -0.2) is 12.8 Å². The van der Waals surface area contributed by atoms with E-state index in [1.165, 1.54) is 18.2 Å². The van der Waals surface area contributed by atoms with Crippen LogP contribution in [0.2, 0.25) is 0 Å². The van der Waals surface area contributed by atoms with Crippen molar-refractivity contribution < 1.29 is 12.8 Å². The van der Waals surface area contributed by atoms with Crippen molar-refractivity contribution in [2.45, 2.75) is 30.7 Å². The first kappa shape index (κ1) is 12.4. The van der Waals surface area contributed by atoms with E-state index in [0.29, 0.717) is 5.92 Å². The minimum Gasteiger partial charge on any atom is -0.380 e. The highest BCUT2D eigenvalue weighted by atomic mass is 32.2. The lowest BCUT2D eigenvalue weighted by Crippen LogP contribution is -2.34. The molecule has 5 heteroatoms. The molecule has 94 valence electrons. The summed E-state index contributed by atoms with van der Waals surface area (Å²) in [5, 5.41) is 3.05. The summed E-state index contributed by atoms with van der Waals surface area (Å²) in [6, 6.07) is 4.11. The van der Waals surface area contributed by atoms with Crippen LogP contribution in [-0.4, -0.2) is 20.7 Å². The van der Waals surface area contributed by atoms with E-state index >= 15 is 0 Å². The second-order valence-electron chi connectivity index (χ2n) is 4.83. The van der Waals surface area contributed by atoms with Crippen LogP contribution >= 0.6 is 0 Å². The molecule has 2 rings (SSSR count). The van der Waals surface area contributed by atoms with Crippen LogP contribution in [0, 0.1) is 11.7 Å². The van der Waals surface area contributed by atoms with Crippen LogP contribution in [-0.2, 0) is 9.84 Å². The van der Waals surface area contributed by atoms with Gasteiger partial charge in [0.25, 0.3) is 0 Å². The number of hydrogen-bond donors (Lipinski definition) is 1. The fourth-order valence-electron chi connectivity index (χ4n) is 2.09. The highest BCUT2D eigenvalue weighted by Crippen LogP contribution is 2.30. The van der Waals surface area contributed by atoms with E-state index in [0.717, 1.165) is 19.1 Å². The number of hydrogen-bond acceptors (Lipinski definition) is 3. The number of anilines is 1. The summed E-state index contributed by atoms with van der Waals surface area (Å²) in [5.74, 6) is 0.255. The van der Waals surface area contributed by atoms with Crippen molar-refractivity contribution in [1.82, 2.24) is 0 Å². The summed E-state index contributed by atoms with van der Waals surface area (Å²) in [5.41, 5.74) is 0.282. The van der Waals surface area contributed by atoms with Crippen molar-refractivity contribution in [3.05, 3.63) is 24.0 Å². The van der Waals surface area contributed by atoms with Gasteiger partial charge in [-0.2, -0.15) is 0 Å². The molecule has 1 saturated carbocycles. The van der Waals surface area contributed by atoms with Crippen LogP contribution in [0.4, 0.5) is 10.1 Å². The molecule has 3 nitrogen and oxygen atoms in total. The van der Waals surface area contributed by atoms with Gasteiger partial charge in [0.2, 0.25) is 0 Å². The fourth-order valence-corrected chi connectivity index (χ4v) is 2.73. The van der Waals surface area contributed by atoms with E-state index in [-0.39, 0.29) is 16.6 Å². The van der Waals surface area contributed by atoms with E-state index in [2.05, 4.69) is 12.2 Å². The van der Waals surface area contributed by atoms with Gasteiger partial charge in [0.1, 0.15) is 5.82 Å². The van der Waals surface area contributed by atoms with Gasteiger partial charge in [-0.15, -0.1) is 0 Å². The lowest BCUT2D eigenvalue weighted by Gasteiger charge is -2.34. The highest BCUT2D eigenvalue weighted by molar-refractivity contribution is 7.90. The third kappa shape index (κ3) is 2.77. The van der Waals surface area contributed by atoms with Gasteiger partial charge in [0, 0.05) is 12.3 Å². The first-order chi connectivity index (χ1) is 7.86. The van der Waals surface area contributed by atoms with Crippen LogP contribution in [0.5, 0.6) is 0 Å². The van der Waals surface area contributed by atoms with E-state index in [9.17, 15) is 12.8 Å². The second kappa shape index (κ2) is 4.29. The number of sulfone groups is 1. The van der Waals surface area contributed by atoms with Gasteiger partial charge in [-0.05, 0) is 37.0 Å². The normalized spacial score (nSPS) is 24.2. The second-order valence-corrected chi connectivity index (χ2v) is 6.85. The lowest BCUT2D eigenvalue weighted by molar-refractivity contribution is 0.308. The van der Waals surface area contributed by atoms with Crippen LogP contribution in [0.1, 0.15) is 19.8 Å². The van der Waals surface area contributed by atoms with Crippen molar-refractivity contribution in [3.63, 3.8) is 0 Å². The van der Waals surface area contributed by atoms with Gasteiger partial charge >= 0.3 is 0 Å². The first-order valence-electron chi connectivity index (χ1n) is 5.62. The van der Waals surface area contributed by atoms with Crippen LogP contribution < -0.4 is 5.32 Å². The summed E-state index contributed by atoms with van der Waals surface area (Å²) in [4.78, 5) is 0.147. The molecule has 0 spiro atoms. The molecular formula is C12H16FNO2S. The molecule has 0 aromatic heterocycles. The Labute approximate surface area is 101 Å². The molecule has 0 unspecified atom stereocenters. The maximum Gasteiger partial charge on any atom is 0.175 e. The molecule has 0 bridgehead atoms. The Hall–Kier alpha value is -1.10. The predicted octanol–water partition coefficient (Wildman–Crippen LogP) is 2.44. The van der Waals surface area contributed by atoms with Crippen molar-refractivity contribution in [2.24, 2.45) is 5.92 Å².